The molecule has 1 aromatic rings. The first kappa shape index (κ1) is 11.7. The van der Waals surface area contributed by atoms with Crippen LogP contribution in [0.4, 0.5) is 5.69 Å². The molecular formula is C11H16N2O2. The second kappa shape index (κ2) is 6.95. The summed E-state index contributed by atoms with van der Waals surface area (Å²) in [6, 6.07) is 7.39. The summed E-state index contributed by atoms with van der Waals surface area (Å²) in [7, 11) is 1.64. The van der Waals surface area contributed by atoms with Crippen molar-refractivity contribution in [3.05, 3.63) is 24.3 Å². The summed E-state index contributed by atoms with van der Waals surface area (Å²) in [4.78, 5) is 0. The van der Waals surface area contributed by atoms with Crippen molar-refractivity contribution in [2.75, 3.05) is 20.4 Å². The molecule has 0 unspecified atom stereocenters. The molecule has 0 heterocycles. The van der Waals surface area contributed by atoms with Gasteiger partial charge in [-0.05, 0) is 30.7 Å². The van der Waals surface area contributed by atoms with E-state index in [4.69, 9.17) is 9.47 Å². The van der Waals surface area contributed by atoms with Crippen LogP contribution < -0.4 is 4.74 Å². The van der Waals surface area contributed by atoms with Gasteiger partial charge in [0.1, 0.15) is 5.75 Å². The van der Waals surface area contributed by atoms with Gasteiger partial charge in [0.2, 0.25) is 0 Å². The van der Waals surface area contributed by atoms with E-state index in [9.17, 15) is 0 Å². The lowest BCUT2D eigenvalue weighted by molar-refractivity contribution is 0.0157. The number of hydrogen-bond donors (Lipinski definition) is 0. The molecule has 0 fully saturated rings. The monoisotopic (exact) mass is 208 g/mol. The van der Waals surface area contributed by atoms with Gasteiger partial charge in [-0.2, -0.15) is 10.2 Å². The van der Waals surface area contributed by atoms with Gasteiger partial charge in [-0.1, -0.05) is 6.92 Å². The Kier molecular flexibility index (Phi) is 5.40. The summed E-state index contributed by atoms with van der Waals surface area (Å²) in [6.45, 7) is 3.08. The molecule has 0 amide bonds. The molecule has 0 spiro atoms. The number of ether oxygens (including phenoxy) is 2. The Labute approximate surface area is 89.9 Å². The first-order valence-corrected chi connectivity index (χ1v) is 4.97. The van der Waals surface area contributed by atoms with Crippen LogP contribution in [0.5, 0.6) is 5.75 Å². The standard InChI is InChI=1S/C11H16N2O2/c1-3-8-14-9-15-11-6-4-10(5-7-11)13-12-2/h4-7H,3,8-9H2,1-2H3. The van der Waals surface area contributed by atoms with E-state index in [1.807, 2.05) is 24.3 Å². The van der Waals surface area contributed by atoms with Gasteiger partial charge in [0, 0.05) is 7.05 Å². The largest absolute Gasteiger partial charge is 0.468 e. The lowest BCUT2D eigenvalue weighted by Gasteiger charge is -2.05. The minimum absolute atomic E-state index is 0.294. The third-order valence-corrected chi connectivity index (χ3v) is 1.71. The van der Waals surface area contributed by atoms with Crippen molar-refractivity contribution in [2.24, 2.45) is 10.2 Å². The van der Waals surface area contributed by atoms with Gasteiger partial charge in [0.15, 0.2) is 6.79 Å². The molecule has 82 valence electrons. The van der Waals surface area contributed by atoms with Crippen molar-refractivity contribution < 1.29 is 9.47 Å². The van der Waals surface area contributed by atoms with Gasteiger partial charge in [-0.3, -0.25) is 0 Å². The second-order valence-electron chi connectivity index (χ2n) is 2.96. The molecule has 0 N–H and O–H groups in total. The highest BCUT2D eigenvalue weighted by Gasteiger charge is 1.93. The molecule has 4 nitrogen and oxygen atoms in total. The maximum Gasteiger partial charge on any atom is 0.189 e. The molecule has 0 saturated carbocycles. The average molecular weight is 208 g/mol. The fourth-order valence-electron chi connectivity index (χ4n) is 1.04. The summed E-state index contributed by atoms with van der Waals surface area (Å²) in [5, 5.41) is 7.58. The minimum Gasteiger partial charge on any atom is -0.468 e. The number of benzene rings is 1. The first-order chi connectivity index (χ1) is 7.36. The van der Waals surface area contributed by atoms with E-state index in [2.05, 4.69) is 17.2 Å². The van der Waals surface area contributed by atoms with Crippen molar-refractivity contribution in [1.82, 2.24) is 0 Å². The quantitative estimate of drug-likeness (QED) is 0.409. The van der Waals surface area contributed by atoms with Crippen LogP contribution in [0.15, 0.2) is 34.5 Å². The lowest BCUT2D eigenvalue weighted by atomic mass is 10.3. The molecule has 0 radical (unpaired) electrons. The summed E-state index contributed by atoms with van der Waals surface area (Å²) in [5.74, 6) is 0.779. The predicted octanol–water partition coefficient (Wildman–Crippen LogP) is 3.16. The SMILES string of the molecule is CCCOCOc1ccc(N=NC)cc1. The average Bonchev–Trinajstić information content (AvgIpc) is 2.27. The van der Waals surface area contributed by atoms with Gasteiger partial charge in [-0.25, -0.2) is 0 Å². The summed E-state index contributed by atoms with van der Waals surface area (Å²) in [5.41, 5.74) is 0.819. The lowest BCUT2D eigenvalue weighted by Crippen LogP contribution is -2.02. The van der Waals surface area contributed by atoms with Crippen molar-refractivity contribution >= 4 is 5.69 Å². The topological polar surface area (TPSA) is 43.2 Å². The van der Waals surface area contributed by atoms with Crippen LogP contribution in [0.2, 0.25) is 0 Å². The highest BCUT2D eigenvalue weighted by atomic mass is 16.7. The Morgan fingerprint density at radius 3 is 2.53 bits per heavy atom. The smallest absolute Gasteiger partial charge is 0.189 e. The second-order valence-corrected chi connectivity index (χ2v) is 2.96. The first-order valence-electron chi connectivity index (χ1n) is 4.97. The zero-order chi connectivity index (χ0) is 10.9. The molecule has 1 aromatic carbocycles. The van der Waals surface area contributed by atoms with Crippen LogP contribution in [0, 0.1) is 0 Å². The fraction of sp³-hybridized carbons (Fsp3) is 0.455. The van der Waals surface area contributed by atoms with Crippen LogP contribution in [0.3, 0.4) is 0 Å². The van der Waals surface area contributed by atoms with Crippen molar-refractivity contribution in [2.45, 2.75) is 13.3 Å². The van der Waals surface area contributed by atoms with Gasteiger partial charge in [-0.15, -0.1) is 0 Å². The Hall–Kier alpha value is -1.42. The predicted molar refractivity (Wildman–Crippen MR) is 58.6 cm³/mol. The van der Waals surface area contributed by atoms with Gasteiger partial charge >= 0.3 is 0 Å². The maximum atomic E-state index is 5.35. The van der Waals surface area contributed by atoms with Crippen molar-refractivity contribution in [3.63, 3.8) is 0 Å². The van der Waals surface area contributed by atoms with E-state index in [0.29, 0.717) is 6.79 Å². The zero-order valence-corrected chi connectivity index (χ0v) is 9.14. The Bertz CT molecular complexity index is 296. The van der Waals surface area contributed by atoms with E-state index in [0.717, 1.165) is 24.5 Å². The van der Waals surface area contributed by atoms with Crippen LogP contribution in [-0.4, -0.2) is 20.4 Å². The molecule has 0 aliphatic heterocycles. The third-order valence-electron chi connectivity index (χ3n) is 1.71. The molecule has 0 saturated heterocycles. The molecule has 0 aliphatic carbocycles. The van der Waals surface area contributed by atoms with E-state index < -0.39 is 0 Å². The van der Waals surface area contributed by atoms with E-state index in [1.165, 1.54) is 0 Å². The molecular weight excluding hydrogens is 192 g/mol. The molecule has 0 aliphatic rings. The minimum atomic E-state index is 0.294. The fourth-order valence-corrected chi connectivity index (χ4v) is 1.04. The van der Waals surface area contributed by atoms with E-state index in [-0.39, 0.29) is 0 Å². The Balaban J connectivity index is 2.36. The van der Waals surface area contributed by atoms with Crippen molar-refractivity contribution in [1.29, 1.82) is 0 Å². The molecule has 15 heavy (non-hydrogen) atoms. The highest BCUT2D eigenvalue weighted by molar-refractivity contribution is 5.40. The van der Waals surface area contributed by atoms with Gasteiger partial charge in [0.25, 0.3) is 0 Å². The van der Waals surface area contributed by atoms with E-state index in [1.54, 1.807) is 7.05 Å². The molecule has 1 rings (SSSR count). The summed E-state index contributed by atoms with van der Waals surface area (Å²) < 4.78 is 10.5. The number of rotatable bonds is 6. The normalized spacial score (nSPS) is 10.8. The van der Waals surface area contributed by atoms with Gasteiger partial charge < -0.3 is 9.47 Å². The summed E-state index contributed by atoms with van der Waals surface area (Å²) in [6.07, 6.45) is 0.999. The van der Waals surface area contributed by atoms with Gasteiger partial charge in [0.05, 0.1) is 12.3 Å². The molecule has 0 aromatic heterocycles. The van der Waals surface area contributed by atoms with Crippen LogP contribution >= 0.6 is 0 Å². The third kappa shape index (κ3) is 4.56. The van der Waals surface area contributed by atoms with E-state index >= 15 is 0 Å². The van der Waals surface area contributed by atoms with Crippen LogP contribution in [-0.2, 0) is 4.74 Å². The van der Waals surface area contributed by atoms with Crippen molar-refractivity contribution in [3.8, 4) is 5.75 Å². The molecule has 0 atom stereocenters. The zero-order valence-electron chi connectivity index (χ0n) is 9.14. The molecule has 0 bridgehead atoms. The number of azo groups is 1. The highest BCUT2D eigenvalue weighted by Crippen LogP contribution is 2.17. The Morgan fingerprint density at radius 1 is 1.20 bits per heavy atom. The number of hydrogen-bond acceptors (Lipinski definition) is 4. The summed E-state index contributed by atoms with van der Waals surface area (Å²) >= 11 is 0. The maximum absolute atomic E-state index is 5.35. The van der Waals surface area contributed by atoms with Crippen LogP contribution in [0.1, 0.15) is 13.3 Å². The van der Waals surface area contributed by atoms with Crippen LogP contribution in [0.25, 0.3) is 0 Å². The molecule has 4 heteroatoms. The Morgan fingerprint density at radius 2 is 1.93 bits per heavy atom. The number of nitrogens with zero attached hydrogens (tertiary/aromatic N) is 2.